The third-order valence-electron chi connectivity index (χ3n) is 0.941. The van der Waals surface area contributed by atoms with Gasteiger partial charge in [0.1, 0.15) is 0 Å². The number of hydrogen-bond acceptors (Lipinski definition) is 3. The standard InChI is InChI=1S/C6H11N3O/c7-3-1-2-4-9-5-6(8)10/h9H,1-2,4-5H2,(H2,8,10). The number of carbonyl (C=O) groups is 1. The van der Waals surface area contributed by atoms with Crippen LogP contribution in [0.2, 0.25) is 0 Å². The minimum absolute atomic E-state index is 0.200. The van der Waals surface area contributed by atoms with E-state index >= 15 is 0 Å². The lowest BCUT2D eigenvalue weighted by atomic mass is 10.3. The first-order valence-corrected chi connectivity index (χ1v) is 3.13. The highest BCUT2D eigenvalue weighted by Crippen LogP contribution is 1.81. The van der Waals surface area contributed by atoms with Crippen LogP contribution in [0.25, 0.3) is 0 Å². The van der Waals surface area contributed by atoms with Gasteiger partial charge in [0, 0.05) is 6.42 Å². The fourth-order valence-electron chi connectivity index (χ4n) is 0.504. The molecule has 4 heteroatoms. The van der Waals surface area contributed by atoms with Crippen molar-refractivity contribution in [3.63, 3.8) is 0 Å². The Morgan fingerprint density at radius 1 is 1.70 bits per heavy atom. The van der Waals surface area contributed by atoms with Crippen LogP contribution in [-0.2, 0) is 4.79 Å². The maximum absolute atomic E-state index is 10.1. The van der Waals surface area contributed by atoms with Crippen molar-refractivity contribution in [1.29, 1.82) is 5.26 Å². The summed E-state index contributed by atoms with van der Waals surface area (Å²) in [5, 5.41) is 10.9. The van der Waals surface area contributed by atoms with E-state index in [0.717, 1.165) is 6.42 Å². The first-order valence-electron chi connectivity index (χ1n) is 3.13. The van der Waals surface area contributed by atoms with Gasteiger partial charge in [-0.2, -0.15) is 5.26 Å². The molecule has 0 saturated heterocycles. The number of nitrogens with one attached hydrogen (secondary N) is 1. The lowest BCUT2D eigenvalue weighted by Gasteiger charge is -1.96. The van der Waals surface area contributed by atoms with E-state index in [1.54, 1.807) is 0 Å². The van der Waals surface area contributed by atoms with Gasteiger partial charge in [-0.1, -0.05) is 0 Å². The number of hydrogen-bond donors (Lipinski definition) is 2. The zero-order chi connectivity index (χ0) is 7.82. The molecule has 0 aliphatic carbocycles. The minimum Gasteiger partial charge on any atom is -0.369 e. The first kappa shape index (κ1) is 8.92. The highest BCUT2D eigenvalue weighted by molar-refractivity contribution is 5.75. The van der Waals surface area contributed by atoms with Gasteiger partial charge in [-0.3, -0.25) is 4.79 Å². The van der Waals surface area contributed by atoms with Gasteiger partial charge < -0.3 is 11.1 Å². The van der Waals surface area contributed by atoms with Crippen LogP contribution in [0.15, 0.2) is 0 Å². The van der Waals surface area contributed by atoms with Crippen LogP contribution in [0.1, 0.15) is 12.8 Å². The van der Waals surface area contributed by atoms with Crippen molar-refractivity contribution >= 4 is 5.91 Å². The topological polar surface area (TPSA) is 78.9 Å². The van der Waals surface area contributed by atoms with Crippen LogP contribution in [-0.4, -0.2) is 19.0 Å². The number of rotatable bonds is 5. The molecule has 0 aromatic heterocycles. The van der Waals surface area contributed by atoms with E-state index in [1.807, 2.05) is 6.07 Å². The Labute approximate surface area is 60.0 Å². The van der Waals surface area contributed by atoms with Crippen molar-refractivity contribution in [3.8, 4) is 6.07 Å². The van der Waals surface area contributed by atoms with Gasteiger partial charge in [-0.05, 0) is 13.0 Å². The van der Waals surface area contributed by atoms with E-state index in [2.05, 4.69) is 5.32 Å². The monoisotopic (exact) mass is 141 g/mol. The Balaban J connectivity index is 2.92. The van der Waals surface area contributed by atoms with Gasteiger partial charge in [0.05, 0.1) is 12.6 Å². The van der Waals surface area contributed by atoms with E-state index in [0.29, 0.717) is 13.0 Å². The van der Waals surface area contributed by atoms with Crippen molar-refractivity contribution < 1.29 is 4.79 Å². The van der Waals surface area contributed by atoms with Gasteiger partial charge in [0.2, 0.25) is 5.91 Å². The number of carbonyl (C=O) groups excluding carboxylic acids is 1. The molecule has 0 aromatic rings. The average molecular weight is 141 g/mol. The quantitative estimate of drug-likeness (QED) is 0.500. The van der Waals surface area contributed by atoms with Crippen LogP contribution in [0.3, 0.4) is 0 Å². The maximum atomic E-state index is 10.1. The summed E-state index contributed by atoms with van der Waals surface area (Å²) in [6, 6.07) is 2.00. The Kier molecular flexibility index (Phi) is 5.39. The van der Waals surface area contributed by atoms with Gasteiger partial charge in [-0.25, -0.2) is 0 Å². The third-order valence-corrected chi connectivity index (χ3v) is 0.941. The summed E-state index contributed by atoms with van der Waals surface area (Å²) >= 11 is 0. The molecule has 0 aliphatic heterocycles. The number of nitrogens with zero attached hydrogens (tertiary/aromatic N) is 1. The highest BCUT2D eigenvalue weighted by atomic mass is 16.1. The second-order valence-electron chi connectivity index (χ2n) is 1.90. The normalized spacial score (nSPS) is 8.70. The Morgan fingerprint density at radius 3 is 2.90 bits per heavy atom. The zero-order valence-electron chi connectivity index (χ0n) is 5.76. The lowest BCUT2D eigenvalue weighted by molar-refractivity contribution is -0.117. The number of nitriles is 1. The Morgan fingerprint density at radius 2 is 2.40 bits per heavy atom. The molecule has 0 rings (SSSR count). The first-order chi connectivity index (χ1) is 4.77. The average Bonchev–Trinajstić information content (AvgIpc) is 1.87. The molecule has 3 N–H and O–H groups in total. The molecule has 0 aromatic carbocycles. The van der Waals surface area contributed by atoms with Crippen LogP contribution < -0.4 is 11.1 Å². The molecule has 0 radical (unpaired) electrons. The summed E-state index contributed by atoms with van der Waals surface area (Å²) in [5.41, 5.74) is 4.84. The van der Waals surface area contributed by atoms with Crippen molar-refractivity contribution in [2.75, 3.05) is 13.1 Å². The summed E-state index contributed by atoms with van der Waals surface area (Å²) in [5.74, 6) is -0.364. The van der Waals surface area contributed by atoms with Crippen LogP contribution >= 0.6 is 0 Å². The van der Waals surface area contributed by atoms with Crippen molar-refractivity contribution in [3.05, 3.63) is 0 Å². The summed E-state index contributed by atoms with van der Waals surface area (Å²) < 4.78 is 0. The fraction of sp³-hybridized carbons (Fsp3) is 0.667. The van der Waals surface area contributed by atoms with Gasteiger partial charge in [0.15, 0.2) is 0 Å². The molecule has 0 spiro atoms. The van der Waals surface area contributed by atoms with Crippen molar-refractivity contribution in [1.82, 2.24) is 5.32 Å². The molecule has 0 heterocycles. The third kappa shape index (κ3) is 6.92. The second-order valence-corrected chi connectivity index (χ2v) is 1.90. The molecule has 4 nitrogen and oxygen atoms in total. The summed E-state index contributed by atoms with van der Waals surface area (Å²) in [7, 11) is 0. The maximum Gasteiger partial charge on any atom is 0.231 e. The minimum atomic E-state index is -0.364. The molecule has 56 valence electrons. The summed E-state index contributed by atoms with van der Waals surface area (Å²) in [6.07, 6.45) is 1.29. The van der Waals surface area contributed by atoms with Gasteiger partial charge in [-0.15, -0.1) is 0 Å². The molecule has 0 fully saturated rings. The smallest absolute Gasteiger partial charge is 0.231 e. The van der Waals surface area contributed by atoms with E-state index in [9.17, 15) is 4.79 Å². The molecule has 1 amide bonds. The molecule has 0 saturated carbocycles. The van der Waals surface area contributed by atoms with E-state index in [4.69, 9.17) is 11.0 Å². The Bertz CT molecular complexity index is 138. The van der Waals surface area contributed by atoms with E-state index in [1.165, 1.54) is 0 Å². The Hall–Kier alpha value is -1.08. The number of nitrogens with two attached hydrogens (primary N) is 1. The van der Waals surface area contributed by atoms with Crippen LogP contribution in [0.4, 0.5) is 0 Å². The number of primary amides is 1. The van der Waals surface area contributed by atoms with Crippen molar-refractivity contribution in [2.24, 2.45) is 5.73 Å². The van der Waals surface area contributed by atoms with Gasteiger partial charge in [0.25, 0.3) is 0 Å². The lowest BCUT2D eigenvalue weighted by Crippen LogP contribution is -2.29. The number of amides is 1. The number of unbranched alkanes of at least 4 members (excludes halogenated alkanes) is 1. The molecule has 0 unspecified atom stereocenters. The van der Waals surface area contributed by atoms with Crippen molar-refractivity contribution in [2.45, 2.75) is 12.8 Å². The van der Waals surface area contributed by atoms with Crippen LogP contribution in [0, 0.1) is 11.3 Å². The van der Waals surface area contributed by atoms with E-state index in [-0.39, 0.29) is 12.5 Å². The van der Waals surface area contributed by atoms with Gasteiger partial charge >= 0.3 is 0 Å². The molecule has 0 bridgehead atoms. The molecule has 0 aliphatic rings. The van der Waals surface area contributed by atoms with Crippen LogP contribution in [0.5, 0.6) is 0 Å². The highest BCUT2D eigenvalue weighted by Gasteiger charge is 1.90. The predicted molar refractivity (Wildman–Crippen MR) is 36.9 cm³/mol. The molecule has 10 heavy (non-hydrogen) atoms. The fourth-order valence-corrected chi connectivity index (χ4v) is 0.504. The summed E-state index contributed by atoms with van der Waals surface area (Å²) in [6.45, 7) is 0.877. The zero-order valence-corrected chi connectivity index (χ0v) is 5.76. The van der Waals surface area contributed by atoms with E-state index < -0.39 is 0 Å². The summed E-state index contributed by atoms with van der Waals surface area (Å²) in [4.78, 5) is 10.1. The molecule has 0 atom stereocenters. The molecular formula is C6H11N3O. The predicted octanol–water partition coefficient (Wildman–Crippen LogP) is -0.635. The SMILES string of the molecule is N#CCCCNCC(N)=O. The largest absolute Gasteiger partial charge is 0.369 e. The molecular weight excluding hydrogens is 130 g/mol. The second kappa shape index (κ2) is 6.05.